The number of hydrogen-bond acceptors (Lipinski definition) is 7. The summed E-state index contributed by atoms with van der Waals surface area (Å²) >= 11 is 1.64. The van der Waals surface area contributed by atoms with Crippen molar-refractivity contribution in [2.75, 3.05) is 12.8 Å². The number of nitrogens with zero attached hydrogens (tertiary/aromatic N) is 3. The molecule has 3 aromatic heterocycles. The third-order valence-electron chi connectivity index (χ3n) is 4.36. The Morgan fingerprint density at radius 1 is 1.38 bits per heavy atom. The molecular formula is C16H17N5O3S2. The lowest BCUT2D eigenvalue weighted by Crippen LogP contribution is -2.36. The molecule has 0 radical (unpaired) electrons. The van der Waals surface area contributed by atoms with Gasteiger partial charge in [0.05, 0.1) is 28.0 Å². The molecule has 1 aliphatic rings. The van der Waals surface area contributed by atoms with Crippen LogP contribution < -0.4 is 5.56 Å². The molecule has 2 N–H and O–H groups in total. The van der Waals surface area contributed by atoms with Crippen LogP contribution in [0.5, 0.6) is 0 Å². The highest BCUT2D eigenvalue weighted by atomic mass is 32.2. The Morgan fingerprint density at radius 3 is 2.96 bits per heavy atom. The number of nitrogens with one attached hydrogen (secondary N) is 2. The Morgan fingerprint density at radius 2 is 2.23 bits per heavy atom. The van der Waals surface area contributed by atoms with E-state index in [-0.39, 0.29) is 10.7 Å². The second kappa shape index (κ2) is 6.45. The third kappa shape index (κ3) is 3.22. The molecule has 136 valence electrons. The molecule has 0 fully saturated rings. The molecule has 0 unspecified atom stereocenters. The Bertz CT molecular complexity index is 1100. The zero-order valence-electron chi connectivity index (χ0n) is 14.0. The first kappa shape index (κ1) is 17.1. The van der Waals surface area contributed by atoms with Crippen molar-refractivity contribution in [2.24, 2.45) is 0 Å². The van der Waals surface area contributed by atoms with E-state index in [9.17, 15) is 13.2 Å². The van der Waals surface area contributed by atoms with E-state index in [1.807, 2.05) is 17.5 Å². The van der Waals surface area contributed by atoms with E-state index in [4.69, 9.17) is 0 Å². The summed E-state index contributed by atoms with van der Waals surface area (Å²) in [5.41, 5.74) is 2.77. The quantitative estimate of drug-likeness (QED) is 0.646. The summed E-state index contributed by atoms with van der Waals surface area (Å²) in [6.45, 7) is 1.77. The topological polar surface area (TPSA) is 112 Å². The predicted molar refractivity (Wildman–Crippen MR) is 97.7 cm³/mol. The summed E-state index contributed by atoms with van der Waals surface area (Å²) in [6, 6.07) is 4.03. The fourth-order valence-corrected chi connectivity index (χ4v) is 4.38. The van der Waals surface area contributed by atoms with Crippen LogP contribution in [0.1, 0.15) is 16.8 Å². The molecule has 0 saturated heterocycles. The molecule has 10 heteroatoms. The van der Waals surface area contributed by atoms with Crippen molar-refractivity contribution in [3.63, 3.8) is 0 Å². The van der Waals surface area contributed by atoms with Crippen molar-refractivity contribution in [2.45, 2.75) is 24.7 Å². The van der Waals surface area contributed by atoms with E-state index in [1.165, 1.54) is 0 Å². The molecule has 0 bridgehead atoms. The Hall–Kier alpha value is -2.30. The van der Waals surface area contributed by atoms with Gasteiger partial charge in [0, 0.05) is 37.9 Å². The highest BCUT2D eigenvalue weighted by Crippen LogP contribution is 2.27. The van der Waals surface area contributed by atoms with Gasteiger partial charge >= 0.3 is 0 Å². The molecule has 0 saturated carbocycles. The van der Waals surface area contributed by atoms with Crippen LogP contribution in [0.3, 0.4) is 0 Å². The molecule has 0 atom stereocenters. The number of rotatable bonds is 4. The second-order valence-corrected chi connectivity index (χ2v) is 9.16. The van der Waals surface area contributed by atoms with Gasteiger partial charge in [-0.25, -0.2) is 13.4 Å². The monoisotopic (exact) mass is 391 g/mol. The molecular weight excluding hydrogens is 374 g/mol. The van der Waals surface area contributed by atoms with Crippen molar-refractivity contribution < 1.29 is 8.42 Å². The number of thiophene rings is 1. The van der Waals surface area contributed by atoms with Crippen molar-refractivity contribution in [3.8, 4) is 10.6 Å². The van der Waals surface area contributed by atoms with Crippen LogP contribution in [0.4, 0.5) is 0 Å². The third-order valence-corrected chi connectivity index (χ3v) is 6.14. The Kier molecular flexibility index (Phi) is 4.25. The predicted octanol–water partition coefficient (Wildman–Crippen LogP) is 1.18. The maximum atomic E-state index is 12.3. The van der Waals surface area contributed by atoms with E-state index >= 15 is 0 Å². The summed E-state index contributed by atoms with van der Waals surface area (Å²) in [4.78, 5) is 22.1. The molecule has 0 aliphatic carbocycles. The van der Waals surface area contributed by atoms with Crippen LogP contribution in [0.15, 0.2) is 33.7 Å². The van der Waals surface area contributed by atoms with Gasteiger partial charge in [-0.2, -0.15) is 5.10 Å². The molecule has 0 spiro atoms. The SMILES string of the molecule is CS(=O)(=O)c1nc2c(c(=O)[nH]1)CN(Cc1cn[nH]c1-c1cccs1)CC2. The Labute approximate surface area is 153 Å². The average Bonchev–Trinajstić information content (AvgIpc) is 3.25. The van der Waals surface area contributed by atoms with Gasteiger partial charge in [0.15, 0.2) is 0 Å². The summed E-state index contributed by atoms with van der Waals surface area (Å²) in [5.74, 6) is 0. The standard InChI is InChI=1S/C16H17N5O3S2/c1-26(23,24)16-18-12-4-5-21(9-11(12)15(22)19-16)8-10-7-17-20-14(10)13-3-2-6-25-13/h2-3,6-7H,4-5,8-9H2,1H3,(H,17,20)(H,18,19,22). The van der Waals surface area contributed by atoms with Crippen LogP contribution in [0.25, 0.3) is 10.6 Å². The number of hydrogen-bond donors (Lipinski definition) is 2. The maximum Gasteiger partial charge on any atom is 0.256 e. The van der Waals surface area contributed by atoms with Gasteiger partial charge in [-0.3, -0.25) is 19.8 Å². The second-order valence-electron chi connectivity index (χ2n) is 6.28. The lowest BCUT2D eigenvalue weighted by Gasteiger charge is -2.27. The van der Waals surface area contributed by atoms with Crippen molar-refractivity contribution in [1.29, 1.82) is 0 Å². The fraction of sp³-hybridized carbons (Fsp3) is 0.312. The van der Waals surface area contributed by atoms with Crippen LogP contribution in [-0.2, 0) is 29.3 Å². The molecule has 1 aliphatic heterocycles. The van der Waals surface area contributed by atoms with Crippen molar-refractivity contribution in [3.05, 3.63) is 50.9 Å². The minimum absolute atomic E-state index is 0.260. The maximum absolute atomic E-state index is 12.3. The molecule has 26 heavy (non-hydrogen) atoms. The largest absolute Gasteiger partial charge is 0.297 e. The zero-order chi connectivity index (χ0) is 18.3. The first-order valence-corrected chi connectivity index (χ1v) is 10.8. The number of H-pyrrole nitrogens is 2. The lowest BCUT2D eigenvalue weighted by molar-refractivity contribution is 0.241. The minimum atomic E-state index is -3.54. The molecule has 3 aromatic rings. The van der Waals surface area contributed by atoms with Crippen LogP contribution >= 0.6 is 11.3 Å². The van der Waals surface area contributed by atoms with Crippen LogP contribution in [-0.4, -0.2) is 46.3 Å². The number of aromatic nitrogens is 4. The minimum Gasteiger partial charge on any atom is -0.297 e. The first-order chi connectivity index (χ1) is 12.4. The zero-order valence-corrected chi connectivity index (χ0v) is 15.7. The van der Waals surface area contributed by atoms with Crippen LogP contribution in [0.2, 0.25) is 0 Å². The van der Waals surface area contributed by atoms with Crippen LogP contribution in [0, 0.1) is 0 Å². The first-order valence-electron chi connectivity index (χ1n) is 8.02. The normalized spacial score (nSPS) is 15.1. The summed E-state index contributed by atoms with van der Waals surface area (Å²) < 4.78 is 23.3. The lowest BCUT2D eigenvalue weighted by atomic mass is 10.1. The fourth-order valence-electron chi connectivity index (χ4n) is 3.07. The van der Waals surface area contributed by atoms with Crippen molar-refractivity contribution in [1.82, 2.24) is 25.1 Å². The number of sulfone groups is 1. The van der Waals surface area contributed by atoms with E-state index in [1.54, 1.807) is 17.5 Å². The van der Waals surface area contributed by atoms with Gasteiger partial charge in [-0.1, -0.05) is 6.07 Å². The molecule has 8 nitrogen and oxygen atoms in total. The number of fused-ring (bicyclic) bond motifs is 1. The molecule has 4 heterocycles. The average molecular weight is 391 g/mol. The highest BCUT2D eigenvalue weighted by Gasteiger charge is 2.24. The van der Waals surface area contributed by atoms with E-state index in [0.29, 0.717) is 37.3 Å². The van der Waals surface area contributed by atoms with E-state index in [2.05, 4.69) is 25.1 Å². The molecule has 0 aromatic carbocycles. The number of aromatic amines is 2. The smallest absolute Gasteiger partial charge is 0.256 e. The van der Waals surface area contributed by atoms with E-state index in [0.717, 1.165) is 22.4 Å². The molecule has 0 amide bonds. The van der Waals surface area contributed by atoms with Gasteiger partial charge < -0.3 is 0 Å². The van der Waals surface area contributed by atoms with Gasteiger partial charge in [0.1, 0.15) is 0 Å². The summed E-state index contributed by atoms with van der Waals surface area (Å²) in [6.07, 6.45) is 3.38. The van der Waals surface area contributed by atoms with Gasteiger partial charge in [0.25, 0.3) is 5.56 Å². The van der Waals surface area contributed by atoms with Gasteiger partial charge in [-0.05, 0) is 11.4 Å². The van der Waals surface area contributed by atoms with Gasteiger partial charge in [0.2, 0.25) is 15.0 Å². The Balaban J connectivity index is 1.59. The summed E-state index contributed by atoms with van der Waals surface area (Å²) in [7, 11) is -3.54. The highest BCUT2D eigenvalue weighted by molar-refractivity contribution is 7.90. The van der Waals surface area contributed by atoms with E-state index < -0.39 is 9.84 Å². The molecule has 4 rings (SSSR count). The van der Waals surface area contributed by atoms with Gasteiger partial charge in [-0.15, -0.1) is 11.3 Å². The van der Waals surface area contributed by atoms with Crippen molar-refractivity contribution >= 4 is 21.2 Å². The summed E-state index contributed by atoms with van der Waals surface area (Å²) in [5, 5.41) is 8.95.